The average molecular weight is 287 g/mol. The molecule has 2 aromatic heterocycles. The Labute approximate surface area is 120 Å². The summed E-state index contributed by atoms with van der Waals surface area (Å²) < 4.78 is 0. The summed E-state index contributed by atoms with van der Waals surface area (Å²) in [6.45, 7) is 2.45. The summed E-state index contributed by atoms with van der Waals surface area (Å²) in [5.41, 5.74) is 0.0476. The summed E-state index contributed by atoms with van der Waals surface area (Å²) in [5.74, 6) is -0.185. The number of nitro groups is 1. The van der Waals surface area contributed by atoms with Crippen LogP contribution in [0.1, 0.15) is 17.3 Å². The van der Waals surface area contributed by atoms with E-state index in [1.165, 1.54) is 12.3 Å². The molecular formula is C13H13N5O3. The van der Waals surface area contributed by atoms with E-state index >= 15 is 0 Å². The second kappa shape index (κ2) is 6.42. The van der Waals surface area contributed by atoms with Gasteiger partial charge in [0.2, 0.25) is 0 Å². The van der Waals surface area contributed by atoms with Gasteiger partial charge < -0.3 is 10.6 Å². The maximum Gasteiger partial charge on any atom is 0.300 e. The van der Waals surface area contributed by atoms with E-state index in [2.05, 4.69) is 20.6 Å². The van der Waals surface area contributed by atoms with Gasteiger partial charge in [-0.25, -0.2) is 4.98 Å². The van der Waals surface area contributed by atoms with Crippen LogP contribution in [0, 0.1) is 10.1 Å². The molecular weight excluding hydrogens is 274 g/mol. The van der Waals surface area contributed by atoms with Crippen molar-refractivity contribution in [3.8, 4) is 0 Å². The lowest BCUT2D eigenvalue weighted by atomic mass is 10.2. The zero-order valence-electron chi connectivity index (χ0n) is 11.2. The Bertz CT molecular complexity index is 660. The first-order valence-corrected chi connectivity index (χ1v) is 6.21. The second-order valence-electron chi connectivity index (χ2n) is 4.07. The van der Waals surface area contributed by atoms with Crippen molar-refractivity contribution in [2.24, 2.45) is 0 Å². The van der Waals surface area contributed by atoms with Crippen molar-refractivity contribution in [2.45, 2.75) is 6.92 Å². The molecule has 8 nitrogen and oxygen atoms in total. The van der Waals surface area contributed by atoms with Crippen LogP contribution in [0.2, 0.25) is 0 Å². The highest BCUT2D eigenvalue weighted by molar-refractivity contribution is 6.07. The molecule has 0 radical (unpaired) electrons. The Hall–Kier alpha value is -3.03. The third kappa shape index (κ3) is 3.50. The predicted octanol–water partition coefficient (Wildman–Crippen LogP) is 2.07. The highest BCUT2D eigenvalue weighted by Crippen LogP contribution is 2.21. The van der Waals surface area contributed by atoms with Crippen LogP contribution in [0.5, 0.6) is 0 Å². The van der Waals surface area contributed by atoms with Gasteiger partial charge in [-0.3, -0.25) is 19.9 Å². The zero-order valence-corrected chi connectivity index (χ0v) is 11.2. The van der Waals surface area contributed by atoms with Crippen LogP contribution >= 0.6 is 0 Å². The number of pyridine rings is 2. The molecule has 108 valence electrons. The summed E-state index contributed by atoms with van der Waals surface area (Å²) in [6, 6.07) is 4.65. The third-order valence-electron chi connectivity index (χ3n) is 2.60. The van der Waals surface area contributed by atoms with E-state index in [0.717, 1.165) is 6.20 Å². The summed E-state index contributed by atoms with van der Waals surface area (Å²) in [5, 5.41) is 16.5. The normalized spacial score (nSPS) is 9.95. The molecule has 0 fully saturated rings. The molecule has 2 aromatic rings. The molecule has 0 spiro atoms. The van der Waals surface area contributed by atoms with Crippen molar-refractivity contribution < 1.29 is 9.72 Å². The third-order valence-corrected chi connectivity index (χ3v) is 2.60. The van der Waals surface area contributed by atoms with Crippen molar-refractivity contribution in [3.05, 3.63) is 52.5 Å². The van der Waals surface area contributed by atoms with Crippen LogP contribution < -0.4 is 10.6 Å². The van der Waals surface area contributed by atoms with Crippen LogP contribution in [0.3, 0.4) is 0 Å². The number of aromatic nitrogens is 2. The van der Waals surface area contributed by atoms with Crippen molar-refractivity contribution in [3.63, 3.8) is 0 Å². The van der Waals surface area contributed by atoms with E-state index in [-0.39, 0.29) is 11.3 Å². The largest absolute Gasteiger partial charge is 0.370 e. The smallest absolute Gasteiger partial charge is 0.300 e. The van der Waals surface area contributed by atoms with Gasteiger partial charge in [0, 0.05) is 18.8 Å². The van der Waals surface area contributed by atoms with Gasteiger partial charge in [-0.2, -0.15) is 0 Å². The lowest BCUT2D eigenvalue weighted by Gasteiger charge is -2.07. The van der Waals surface area contributed by atoms with Gasteiger partial charge in [-0.1, -0.05) is 0 Å². The molecule has 0 saturated heterocycles. The number of hydrogen-bond acceptors (Lipinski definition) is 6. The van der Waals surface area contributed by atoms with Gasteiger partial charge in [0.05, 0.1) is 16.8 Å². The van der Waals surface area contributed by atoms with Gasteiger partial charge >= 0.3 is 0 Å². The molecule has 2 heterocycles. The molecule has 0 aliphatic carbocycles. The molecule has 1 amide bonds. The van der Waals surface area contributed by atoms with Crippen molar-refractivity contribution in [1.82, 2.24) is 9.97 Å². The monoisotopic (exact) mass is 287 g/mol. The Morgan fingerprint density at radius 3 is 2.86 bits per heavy atom. The lowest BCUT2D eigenvalue weighted by Crippen LogP contribution is -2.15. The van der Waals surface area contributed by atoms with E-state index in [1.54, 1.807) is 18.3 Å². The number of rotatable bonds is 5. The van der Waals surface area contributed by atoms with Crippen LogP contribution in [0.15, 0.2) is 36.8 Å². The van der Waals surface area contributed by atoms with Crippen LogP contribution in [0.25, 0.3) is 0 Å². The average Bonchev–Trinajstić information content (AvgIpc) is 2.48. The first-order valence-electron chi connectivity index (χ1n) is 6.21. The van der Waals surface area contributed by atoms with E-state index < -0.39 is 10.8 Å². The standard InChI is InChI=1S/C13H13N5O3/c1-2-15-12-6-10(11(8-16-12)18(20)21)13(19)17-9-4-3-5-14-7-9/h3-8H,2H2,1H3,(H,15,16)(H,17,19). The Balaban J connectivity index is 2.33. The van der Waals surface area contributed by atoms with Gasteiger partial charge in [0.1, 0.15) is 17.6 Å². The first kappa shape index (κ1) is 14.4. The molecule has 0 aliphatic heterocycles. The molecule has 0 unspecified atom stereocenters. The Morgan fingerprint density at radius 1 is 1.43 bits per heavy atom. The first-order chi connectivity index (χ1) is 10.1. The Morgan fingerprint density at radius 2 is 2.24 bits per heavy atom. The molecule has 0 atom stereocenters. The fourth-order valence-electron chi connectivity index (χ4n) is 1.69. The SMILES string of the molecule is CCNc1cc(C(=O)Nc2cccnc2)c([N+](=O)[O-])cn1. The lowest BCUT2D eigenvalue weighted by molar-refractivity contribution is -0.385. The van der Waals surface area contributed by atoms with Gasteiger partial charge in [0.25, 0.3) is 11.6 Å². The highest BCUT2D eigenvalue weighted by Gasteiger charge is 2.21. The summed E-state index contributed by atoms with van der Waals surface area (Å²) in [7, 11) is 0. The summed E-state index contributed by atoms with van der Waals surface area (Å²) in [4.78, 5) is 30.3. The van der Waals surface area contributed by atoms with Crippen LogP contribution in [0.4, 0.5) is 17.2 Å². The molecule has 2 rings (SSSR count). The van der Waals surface area contributed by atoms with Gasteiger partial charge in [0.15, 0.2) is 0 Å². The number of carbonyl (C=O) groups excluding carboxylic acids is 1. The minimum absolute atomic E-state index is 0.0604. The molecule has 0 aliphatic rings. The molecule has 2 N–H and O–H groups in total. The fourth-order valence-corrected chi connectivity index (χ4v) is 1.69. The Kier molecular flexibility index (Phi) is 4.39. The van der Waals surface area contributed by atoms with E-state index in [9.17, 15) is 14.9 Å². The van der Waals surface area contributed by atoms with E-state index in [4.69, 9.17) is 0 Å². The predicted molar refractivity (Wildman–Crippen MR) is 77.2 cm³/mol. The maximum absolute atomic E-state index is 12.2. The van der Waals surface area contributed by atoms with Crippen LogP contribution in [-0.4, -0.2) is 27.3 Å². The molecule has 0 saturated carbocycles. The van der Waals surface area contributed by atoms with Crippen molar-refractivity contribution in [1.29, 1.82) is 0 Å². The van der Waals surface area contributed by atoms with E-state index in [1.807, 2.05) is 6.92 Å². The minimum Gasteiger partial charge on any atom is -0.370 e. The number of nitrogens with zero attached hydrogens (tertiary/aromatic N) is 3. The van der Waals surface area contributed by atoms with Gasteiger partial charge in [-0.05, 0) is 19.1 Å². The highest BCUT2D eigenvalue weighted by atomic mass is 16.6. The molecule has 0 bridgehead atoms. The minimum atomic E-state index is -0.638. The van der Waals surface area contributed by atoms with Crippen molar-refractivity contribution in [2.75, 3.05) is 17.2 Å². The molecule has 21 heavy (non-hydrogen) atoms. The number of amides is 1. The zero-order chi connectivity index (χ0) is 15.2. The number of carbonyl (C=O) groups is 1. The van der Waals surface area contributed by atoms with Crippen LogP contribution in [-0.2, 0) is 0 Å². The number of anilines is 2. The maximum atomic E-state index is 12.2. The molecule has 8 heteroatoms. The molecule has 0 aromatic carbocycles. The number of hydrogen-bond donors (Lipinski definition) is 2. The van der Waals surface area contributed by atoms with Crippen molar-refractivity contribution >= 4 is 23.1 Å². The number of nitrogens with one attached hydrogen (secondary N) is 2. The van der Waals surface area contributed by atoms with E-state index in [0.29, 0.717) is 18.1 Å². The topological polar surface area (TPSA) is 110 Å². The fraction of sp³-hybridized carbons (Fsp3) is 0.154. The quantitative estimate of drug-likeness (QED) is 0.643. The van der Waals surface area contributed by atoms with Gasteiger partial charge in [-0.15, -0.1) is 0 Å². The second-order valence-corrected chi connectivity index (χ2v) is 4.07. The summed E-state index contributed by atoms with van der Waals surface area (Å²) >= 11 is 0. The summed E-state index contributed by atoms with van der Waals surface area (Å²) in [6.07, 6.45) is 4.08.